The number of benzene rings is 1. The van der Waals surface area contributed by atoms with Gasteiger partial charge in [-0.1, -0.05) is 12.1 Å². The Morgan fingerprint density at radius 3 is 2.14 bits per heavy atom. The number of carbonyl (C=O) groups is 1. The van der Waals surface area contributed by atoms with E-state index < -0.39 is 0 Å². The number of phenolic OH excluding ortho intramolecular Hbond substituents is 1. The second-order valence-electron chi connectivity index (χ2n) is 2.19. The normalized spacial score (nSPS) is 7.86. The molecule has 1 rings (SSSR count). The van der Waals surface area contributed by atoms with Crippen LogP contribution in [-0.4, -0.2) is 29.7 Å². The molecule has 0 heterocycles. The van der Waals surface area contributed by atoms with Crippen molar-refractivity contribution in [3.05, 3.63) is 29.8 Å². The summed E-state index contributed by atoms with van der Waals surface area (Å²) in [4.78, 5) is 10.1. The molecule has 4 nitrogen and oxygen atoms in total. The second kappa shape index (κ2) is 10.3. The molecule has 1 aromatic rings. The average molecular weight is 249 g/mol. The van der Waals surface area contributed by atoms with Crippen molar-refractivity contribution in [1.82, 2.24) is 0 Å². The molecular weight excluding hydrogens is 235 g/mol. The van der Waals surface area contributed by atoms with E-state index in [0.29, 0.717) is 18.4 Å². The van der Waals surface area contributed by atoms with Gasteiger partial charge in [-0.2, -0.15) is 0 Å². The Bertz CT molecular complexity index is 254. The Hall–Kier alpha value is -0.767. The molecule has 74 valence electrons. The van der Waals surface area contributed by atoms with Gasteiger partial charge in [0.1, 0.15) is 5.75 Å². The summed E-state index contributed by atoms with van der Waals surface area (Å²) in [5, 5.41) is 16.6. The Morgan fingerprint density at radius 2 is 1.86 bits per heavy atom. The minimum absolute atomic E-state index is 0. The molecule has 0 bridgehead atoms. The van der Waals surface area contributed by atoms with Gasteiger partial charge in [0.15, 0.2) is 6.29 Å². The van der Waals surface area contributed by atoms with Crippen molar-refractivity contribution in [3.8, 4) is 5.75 Å². The number of para-hydroxylation sites is 1. The van der Waals surface area contributed by atoms with E-state index in [1.54, 1.807) is 18.2 Å². The Kier molecular flexibility index (Phi) is 11.6. The Labute approximate surface area is 95.5 Å². The van der Waals surface area contributed by atoms with Crippen LogP contribution in [0.2, 0.25) is 0 Å². The van der Waals surface area contributed by atoms with Crippen molar-refractivity contribution in [3.63, 3.8) is 0 Å². The van der Waals surface area contributed by atoms with E-state index in [4.69, 9.17) is 15.9 Å². The molecule has 0 spiro atoms. The van der Waals surface area contributed by atoms with Gasteiger partial charge in [-0.05, 0) is 12.1 Å². The monoisotopic (exact) mass is 247 g/mol. The molecule has 0 amide bonds. The maximum Gasteiger partial charge on any atom is 0.153 e. The zero-order valence-corrected chi connectivity index (χ0v) is 10.9. The molecule has 0 atom stereocenters. The quantitative estimate of drug-likeness (QED) is 0.514. The number of nitrogens with two attached hydrogens (primary N) is 1. The molecule has 4 N–H and O–H groups in total. The molecule has 5 heteroatoms. The molecule has 0 aliphatic heterocycles. The standard InChI is InChI=1S/C7H6O2.C2H7NO.Zn/c8-5-6-3-1-2-4-7(6)9;3-1-2-4;/h1-5,9H;4H,1-3H2;. The number of carbonyl (C=O) groups excluding carboxylic acids is 1. The first-order chi connectivity index (χ1) is 6.26. The first-order valence-corrected chi connectivity index (χ1v) is 3.80. The average Bonchev–Trinajstić information content (AvgIpc) is 2.19. The van der Waals surface area contributed by atoms with E-state index in [1.165, 1.54) is 6.07 Å². The summed E-state index contributed by atoms with van der Waals surface area (Å²) < 4.78 is 0. The Morgan fingerprint density at radius 1 is 1.36 bits per heavy atom. The molecule has 14 heavy (non-hydrogen) atoms. The van der Waals surface area contributed by atoms with Gasteiger partial charge < -0.3 is 15.9 Å². The predicted molar refractivity (Wildman–Crippen MR) is 49.6 cm³/mol. The van der Waals surface area contributed by atoms with Gasteiger partial charge in [-0.25, -0.2) is 0 Å². The first kappa shape index (κ1) is 15.7. The fourth-order valence-electron chi connectivity index (χ4n) is 0.587. The first-order valence-electron chi connectivity index (χ1n) is 3.80. The van der Waals surface area contributed by atoms with Crippen LogP contribution in [0.5, 0.6) is 5.75 Å². The number of hydrogen-bond donors (Lipinski definition) is 3. The van der Waals surface area contributed by atoms with E-state index >= 15 is 0 Å². The van der Waals surface area contributed by atoms with E-state index in [9.17, 15) is 4.79 Å². The summed E-state index contributed by atoms with van der Waals surface area (Å²) in [5.74, 6) is 0.0347. The molecule has 0 aliphatic rings. The predicted octanol–water partition coefficient (Wildman–Crippen LogP) is 0.140. The number of aldehydes is 1. The maximum atomic E-state index is 10.1. The summed E-state index contributed by atoms with van der Waals surface area (Å²) in [7, 11) is 0. The number of phenols is 1. The summed E-state index contributed by atoms with van der Waals surface area (Å²) in [6, 6.07) is 6.40. The second-order valence-corrected chi connectivity index (χ2v) is 2.19. The zero-order valence-electron chi connectivity index (χ0n) is 7.89. The summed E-state index contributed by atoms with van der Waals surface area (Å²) in [6.07, 6.45) is 0.620. The van der Waals surface area contributed by atoms with Crippen molar-refractivity contribution in [2.45, 2.75) is 0 Å². The molecular formula is C9H13NO3Zn. The van der Waals surface area contributed by atoms with Crippen molar-refractivity contribution in [1.29, 1.82) is 0 Å². The van der Waals surface area contributed by atoms with Gasteiger partial charge in [0.05, 0.1) is 12.2 Å². The van der Waals surface area contributed by atoms with Crippen LogP contribution in [0.3, 0.4) is 0 Å². The van der Waals surface area contributed by atoms with Crippen LogP contribution < -0.4 is 5.73 Å². The van der Waals surface area contributed by atoms with E-state index in [2.05, 4.69) is 0 Å². The zero-order chi connectivity index (χ0) is 10.1. The van der Waals surface area contributed by atoms with Crippen molar-refractivity contribution in [2.24, 2.45) is 5.73 Å². The fourth-order valence-corrected chi connectivity index (χ4v) is 0.587. The van der Waals surface area contributed by atoms with Gasteiger partial charge in [-0.3, -0.25) is 4.79 Å². The largest absolute Gasteiger partial charge is 0.507 e. The molecule has 0 radical (unpaired) electrons. The Balaban J connectivity index is 0. The molecule has 0 unspecified atom stereocenters. The molecule has 1 aromatic carbocycles. The van der Waals surface area contributed by atoms with Gasteiger partial charge in [0.2, 0.25) is 0 Å². The van der Waals surface area contributed by atoms with Gasteiger partial charge in [-0.15, -0.1) is 0 Å². The minimum atomic E-state index is 0. The van der Waals surface area contributed by atoms with Crippen LogP contribution in [0.1, 0.15) is 10.4 Å². The van der Waals surface area contributed by atoms with Crippen LogP contribution in [-0.2, 0) is 19.5 Å². The number of rotatable bonds is 2. The van der Waals surface area contributed by atoms with Crippen LogP contribution in [0.15, 0.2) is 24.3 Å². The SMILES string of the molecule is NCCO.O=Cc1ccccc1O.[Zn]. The smallest absolute Gasteiger partial charge is 0.153 e. The number of aliphatic hydroxyl groups excluding tert-OH is 1. The van der Waals surface area contributed by atoms with Gasteiger partial charge in [0.25, 0.3) is 0 Å². The van der Waals surface area contributed by atoms with Crippen LogP contribution in [0.25, 0.3) is 0 Å². The molecule has 0 fully saturated rings. The van der Waals surface area contributed by atoms with Gasteiger partial charge in [0, 0.05) is 26.0 Å². The van der Waals surface area contributed by atoms with Crippen LogP contribution in [0, 0.1) is 0 Å². The third-order valence-electron chi connectivity index (χ3n) is 1.19. The minimum Gasteiger partial charge on any atom is -0.507 e. The topological polar surface area (TPSA) is 83.5 Å². The van der Waals surface area contributed by atoms with Crippen LogP contribution >= 0.6 is 0 Å². The molecule has 0 saturated carbocycles. The summed E-state index contributed by atoms with van der Waals surface area (Å²) in [5.41, 5.74) is 5.11. The van der Waals surface area contributed by atoms with E-state index in [1.807, 2.05) is 0 Å². The molecule has 0 saturated heterocycles. The van der Waals surface area contributed by atoms with Crippen molar-refractivity contribution in [2.75, 3.05) is 13.2 Å². The number of hydrogen-bond acceptors (Lipinski definition) is 4. The third kappa shape index (κ3) is 6.72. The van der Waals surface area contributed by atoms with E-state index in [0.717, 1.165) is 0 Å². The summed E-state index contributed by atoms with van der Waals surface area (Å²) >= 11 is 0. The van der Waals surface area contributed by atoms with Crippen molar-refractivity contribution >= 4 is 6.29 Å². The van der Waals surface area contributed by atoms with E-state index in [-0.39, 0.29) is 31.8 Å². The summed E-state index contributed by atoms with van der Waals surface area (Å²) in [6.45, 7) is 0.472. The van der Waals surface area contributed by atoms with Crippen LogP contribution in [0.4, 0.5) is 0 Å². The number of aromatic hydroxyl groups is 1. The third-order valence-corrected chi connectivity index (χ3v) is 1.19. The number of aliphatic hydroxyl groups is 1. The van der Waals surface area contributed by atoms with Gasteiger partial charge >= 0.3 is 0 Å². The fraction of sp³-hybridized carbons (Fsp3) is 0.222. The molecule has 0 aromatic heterocycles. The van der Waals surface area contributed by atoms with Crippen molar-refractivity contribution < 1.29 is 34.5 Å². The maximum absolute atomic E-state index is 10.1. The molecule has 0 aliphatic carbocycles.